The van der Waals surface area contributed by atoms with Crippen LogP contribution >= 0.6 is 27.3 Å². The van der Waals surface area contributed by atoms with Gasteiger partial charge in [0.15, 0.2) is 0 Å². The molecule has 0 saturated carbocycles. The van der Waals surface area contributed by atoms with Crippen LogP contribution in [0.2, 0.25) is 0 Å². The Morgan fingerprint density at radius 3 is 3.00 bits per heavy atom. The lowest BCUT2D eigenvalue weighted by Crippen LogP contribution is -2.30. The molecule has 17 heavy (non-hydrogen) atoms. The number of halogens is 1. The van der Waals surface area contributed by atoms with Gasteiger partial charge in [-0.1, -0.05) is 22.0 Å². The van der Waals surface area contributed by atoms with Crippen molar-refractivity contribution in [1.29, 1.82) is 0 Å². The smallest absolute Gasteiger partial charge is 0.0944 e. The van der Waals surface area contributed by atoms with E-state index in [9.17, 15) is 0 Å². The fraction of sp³-hybridized carbons (Fsp3) is 0.250. The molecule has 0 radical (unpaired) electrons. The molecule has 0 aliphatic carbocycles. The van der Waals surface area contributed by atoms with Gasteiger partial charge in [0.25, 0.3) is 0 Å². The number of rotatable bonds is 4. The molecule has 90 valence electrons. The van der Waals surface area contributed by atoms with E-state index < -0.39 is 0 Å². The van der Waals surface area contributed by atoms with E-state index >= 15 is 0 Å². The molecule has 2 aromatic rings. The third-order valence-electron chi connectivity index (χ3n) is 2.68. The number of nitrogens with one attached hydrogen (secondary N) is 1. The Morgan fingerprint density at radius 1 is 1.53 bits per heavy atom. The maximum absolute atomic E-state index is 5.65. The van der Waals surface area contributed by atoms with Gasteiger partial charge in [-0.3, -0.25) is 11.3 Å². The van der Waals surface area contributed by atoms with E-state index in [1.807, 2.05) is 17.6 Å². The molecular weight excluding hydrogens is 298 g/mol. The predicted molar refractivity (Wildman–Crippen MR) is 74.8 cm³/mol. The van der Waals surface area contributed by atoms with Crippen LogP contribution in [0.15, 0.2) is 34.2 Å². The highest BCUT2D eigenvalue weighted by Gasteiger charge is 2.14. The lowest BCUT2D eigenvalue weighted by atomic mass is 9.99. The van der Waals surface area contributed by atoms with Crippen LogP contribution in [-0.2, 0) is 6.42 Å². The summed E-state index contributed by atoms with van der Waals surface area (Å²) >= 11 is 5.14. The maximum Gasteiger partial charge on any atom is 0.0944 e. The number of hydrogen-bond acceptors (Lipinski definition) is 4. The summed E-state index contributed by atoms with van der Waals surface area (Å²) in [6, 6.07) is 6.33. The van der Waals surface area contributed by atoms with Crippen molar-refractivity contribution in [3.05, 3.63) is 50.4 Å². The number of hydrazine groups is 1. The number of aromatic nitrogens is 1. The highest BCUT2D eigenvalue weighted by atomic mass is 79.9. The van der Waals surface area contributed by atoms with Gasteiger partial charge in [-0.2, -0.15) is 0 Å². The van der Waals surface area contributed by atoms with Crippen molar-refractivity contribution in [2.24, 2.45) is 5.84 Å². The fourth-order valence-electron chi connectivity index (χ4n) is 1.77. The minimum absolute atomic E-state index is 0.0960. The van der Waals surface area contributed by atoms with Crippen molar-refractivity contribution in [3.8, 4) is 0 Å². The topological polar surface area (TPSA) is 50.9 Å². The first kappa shape index (κ1) is 12.7. The fourth-order valence-corrected chi connectivity index (χ4v) is 2.82. The van der Waals surface area contributed by atoms with Gasteiger partial charge in [-0.05, 0) is 30.2 Å². The third kappa shape index (κ3) is 3.13. The number of nitrogens with zero attached hydrogens (tertiary/aromatic N) is 1. The largest absolute Gasteiger partial charge is 0.271 e. The molecule has 3 nitrogen and oxygen atoms in total. The second-order valence-corrected chi connectivity index (χ2v) is 5.74. The molecule has 2 rings (SSSR count). The molecule has 1 atom stereocenters. The van der Waals surface area contributed by atoms with Crippen LogP contribution in [0.5, 0.6) is 0 Å². The Bertz CT molecular complexity index is 485. The summed E-state index contributed by atoms with van der Waals surface area (Å²) in [7, 11) is 0. The minimum Gasteiger partial charge on any atom is -0.271 e. The highest BCUT2D eigenvalue weighted by molar-refractivity contribution is 9.10. The number of nitrogens with two attached hydrogens (primary N) is 1. The summed E-state index contributed by atoms with van der Waals surface area (Å²) in [5, 5.41) is 3.07. The Morgan fingerprint density at radius 2 is 2.35 bits per heavy atom. The van der Waals surface area contributed by atoms with Gasteiger partial charge >= 0.3 is 0 Å². The van der Waals surface area contributed by atoms with Crippen LogP contribution in [0.1, 0.15) is 22.2 Å². The summed E-state index contributed by atoms with van der Waals surface area (Å²) < 4.78 is 1.07. The van der Waals surface area contributed by atoms with Crippen LogP contribution < -0.4 is 11.3 Å². The van der Waals surface area contributed by atoms with Crippen molar-refractivity contribution in [1.82, 2.24) is 10.4 Å². The SMILES string of the molecule is Cc1ccc(Br)cc1C(Cc1nccs1)NN. The second-order valence-electron chi connectivity index (χ2n) is 3.85. The number of hydrogen-bond donors (Lipinski definition) is 2. The average molecular weight is 312 g/mol. The van der Waals surface area contributed by atoms with Gasteiger partial charge in [0.2, 0.25) is 0 Å². The zero-order valence-corrected chi connectivity index (χ0v) is 11.9. The molecule has 0 spiro atoms. The molecular formula is C12H14BrN3S. The Hall–Kier alpha value is -0.750. The molecule has 0 aliphatic rings. The van der Waals surface area contributed by atoms with Crippen LogP contribution in [0, 0.1) is 6.92 Å². The third-order valence-corrected chi connectivity index (χ3v) is 3.98. The quantitative estimate of drug-likeness (QED) is 0.674. The van der Waals surface area contributed by atoms with Crippen LogP contribution in [0.3, 0.4) is 0 Å². The summed E-state index contributed by atoms with van der Waals surface area (Å²) in [5.74, 6) is 5.65. The minimum atomic E-state index is 0.0960. The standard InChI is InChI=1S/C12H14BrN3S/c1-8-2-3-9(13)6-10(8)11(16-14)7-12-15-4-5-17-12/h2-6,11,16H,7,14H2,1H3. The summed E-state index contributed by atoms with van der Waals surface area (Å²) in [4.78, 5) is 4.29. The zero-order valence-electron chi connectivity index (χ0n) is 9.48. The van der Waals surface area contributed by atoms with Gasteiger partial charge in [-0.15, -0.1) is 11.3 Å². The van der Waals surface area contributed by atoms with Crippen molar-refractivity contribution in [2.45, 2.75) is 19.4 Å². The first-order chi connectivity index (χ1) is 8.20. The monoisotopic (exact) mass is 311 g/mol. The molecule has 1 heterocycles. The van der Waals surface area contributed by atoms with Crippen LogP contribution in [0.4, 0.5) is 0 Å². The summed E-state index contributed by atoms with van der Waals surface area (Å²) in [6.07, 6.45) is 2.63. The van der Waals surface area contributed by atoms with E-state index in [0.29, 0.717) is 0 Å². The number of aryl methyl sites for hydroxylation is 1. The molecule has 0 fully saturated rings. The molecule has 1 unspecified atom stereocenters. The van der Waals surface area contributed by atoms with E-state index in [0.717, 1.165) is 15.9 Å². The zero-order chi connectivity index (χ0) is 12.3. The molecule has 0 bridgehead atoms. The van der Waals surface area contributed by atoms with Crippen LogP contribution in [0.25, 0.3) is 0 Å². The molecule has 5 heteroatoms. The van der Waals surface area contributed by atoms with Gasteiger partial charge in [0.1, 0.15) is 0 Å². The Balaban J connectivity index is 2.25. The van der Waals surface area contributed by atoms with E-state index in [1.54, 1.807) is 11.3 Å². The molecule has 0 saturated heterocycles. The predicted octanol–water partition coefficient (Wildman–Crippen LogP) is 2.96. The summed E-state index contributed by atoms with van der Waals surface area (Å²) in [5.41, 5.74) is 5.31. The average Bonchev–Trinajstić information content (AvgIpc) is 2.82. The molecule has 0 aliphatic heterocycles. The second kappa shape index (κ2) is 5.73. The number of thiazole rings is 1. The maximum atomic E-state index is 5.65. The van der Waals surface area contributed by atoms with Gasteiger partial charge in [-0.25, -0.2) is 4.98 Å². The van der Waals surface area contributed by atoms with Gasteiger partial charge in [0, 0.05) is 22.5 Å². The number of benzene rings is 1. The van der Waals surface area contributed by atoms with Crippen molar-refractivity contribution in [3.63, 3.8) is 0 Å². The molecule has 0 amide bonds. The molecule has 1 aromatic carbocycles. The first-order valence-electron chi connectivity index (χ1n) is 5.31. The Labute approximate surface area is 113 Å². The van der Waals surface area contributed by atoms with Crippen molar-refractivity contribution in [2.75, 3.05) is 0 Å². The normalized spacial score (nSPS) is 12.6. The summed E-state index contributed by atoms with van der Waals surface area (Å²) in [6.45, 7) is 2.09. The van der Waals surface area contributed by atoms with Gasteiger partial charge in [0.05, 0.1) is 11.0 Å². The van der Waals surface area contributed by atoms with E-state index in [1.165, 1.54) is 11.1 Å². The first-order valence-corrected chi connectivity index (χ1v) is 6.98. The van der Waals surface area contributed by atoms with E-state index in [2.05, 4.69) is 45.4 Å². The lowest BCUT2D eigenvalue weighted by Gasteiger charge is -2.17. The van der Waals surface area contributed by atoms with Crippen LogP contribution in [-0.4, -0.2) is 4.98 Å². The lowest BCUT2D eigenvalue weighted by molar-refractivity contribution is 0.548. The highest BCUT2D eigenvalue weighted by Crippen LogP contribution is 2.25. The van der Waals surface area contributed by atoms with Crippen molar-refractivity contribution >= 4 is 27.3 Å². The van der Waals surface area contributed by atoms with Gasteiger partial charge < -0.3 is 0 Å². The molecule has 1 aromatic heterocycles. The molecule has 3 N–H and O–H groups in total. The Kier molecular flexibility index (Phi) is 4.28. The van der Waals surface area contributed by atoms with E-state index in [-0.39, 0.29) is 6.04 Å². The van der Waals surface area contributed by atoms with Crippen molar-refractivity contribution < 1.29 is 0 Å². The van der Waals surface area contributed by atoms with E-state index in [4.69, 9.17) is 5.84 Å².